The average Bonchev–Trinajstić information content (AvgIpc) is 3.20. The minimum absolute atomic E-state index is 0.293. The molecule has 1 aromatic carbocycles. The summed E-state index contributed by atoms with van der Waals surface area (Å²) in [6, 6.07) is 4.95. The van der Waals surface area contributed by atoms with Gasteiger partial charge in [0.1, 0.15) is 10.0 Å². The molecule has 0 amide bonds. The second-order valence-electron chi connectivity index (χ2n) is 5.31. The summed E-state index contributed by atoms with van der Waals surface area (Å²) in [5, 5.41) is 13.3. The van der Waals surface area contributed by atoms with Crippen LogP contribution in [0, 0.1) is 11.6 Å². The summed E-state index contributed by atoms with van der Waals surface area (Å²) < 4.78 is 26.7. The van der Waals surface area contributed by atoms with Gasteiger partial charge in [-0.2, -0.15) is 0 Å². The Kier molecular flexibility index (Phi) is 4.55. The van der Waals surface area contributed by atoms with Crippen molar-refractivity contribution in [2.75, 3.05) is 6.54 Å². The van der Waals surface area contributed by atoms with Gasteiger partial charge in [0, 0.05) is 18.9 Å². The molecule has 1 aromatic heterocycles. The van der Waals surface area contributed by atoms with Gasteiger partial charge in [0.05, 0.1) is 0 Å². The van der Waals surface area contributed by atoms with Gasteiger partial charge in [-0.1, -0.05) is 12.1 Å². The van der Waals surface area contributed by atoms with Crippen LogP contribution in [0.2, 0.25) is 0 Å². The number of aromatic nitrogens is 2. The third-order valence-electron chi connectivity index (χ3n) is 3.46. The first-order valence-corrected chi connectivity index (χ1v) is 8.01. The van der Waals surface area contributed by atoms with Crippen LogP contribution in [0.15, 0.2) is 18.2 Å². The second kappa shape index (κ2) is 6.58. The monoisotopic (exact) mass is 309 g/mol. The van der Waals surface area contributed by atoms with E-state index in [-0.39, 0.29) is 0 Å². The van der Waals surface area contributed by atoms with Crippen molar-refractivity contribution in [3.05, 3.63) is 45.4 Å². The molecule has 0 radical (unpaired) electrons. The van der Waals surface area contributed by atoms with E-state index in [0.29, 0.717) is 12.0 Å². The first-order chi connectivity index (χ1) is 10.2. The summed E-state index contributed by atoms with van der Waals surface area (Å²) in [6.45, 7) is 0.998. The molecule has 1 fully saturated rings. The maximum Gasteiger partial charge on any atom is 0.162 e. The molecular weight excluding hydrogens is 292 g/mol. The third-order valence-corrected chi connectivity index (χ3v) is 4.44. The lowest BCUT2D eigenvalue weighted by Gasteiger charge is -2.00. The number of hydrogen-bond acceptors (Lipinski definition) is 4. The maximum atomic E-state index is 13.6. The number of benzene rings is 1. The highest BCUT2D eigenvalue weighted by atomic mass is 32.1. The SMILES string of the molecule is Fc1cccc(Cc2nnc(CCCNC3CC3)s2)c1F. The molecule has 1 N–H and O–H groups in total. The average molecular weight is 309 g/mol. The van der Waals surface area contributed by atoms with Crippen LogP contribution in [0.3, 0.4) is 0 Å². The maximum absolute atomic E-state index is 13.6. The normalized spacial score (nSPS) is 14.6. The molecule has 3 nitrogen and oxygen atoms in total. The highest BCUT2D eigenvalue weighted by molar-refractivity contribution is 7.11. The predicted octanol–water partition coefficient (Wildman–Crippen LogP) is 3.09. The molecule has 0 bridgehead atoms. The molecule has 1 aliphatic carbocycles. The van der Waals surface area contributed by atoms with Crippen LogP contribution in [0.1, 0.15) is 34.8 Å². The van der Waals surface area contributed by atoms with E-state index >= 15 is 0 Å². The molecule has 0 atom stereocenters. The van der Waals surface area contributed by atoms with Crippen molar-refractivity contribution in [3.8, 4) is 0 Å². The van der Waals surface area contributed by atoms with Gasteiger partial charge < -0.3 is 5.32 Å². The predicted molar refractivity (Wildman–Crippen MR) is 78.4 cm³/mol. The van der Waals surface area contributed by atoms with Crippen molar-refractivity contribution in [2.24, 2.45) is 0 Å². The number of rotatable bonds is 7. The van der Waals surface area contributed by atoms with Gasteiger partial charge >= 0.3 is 0 Å². The van der Waals surface area contributed by atoms with Crippen LogP contribution < -0.4 is 5.32 Å². The highest BCUT2D eigenvalue weighted by Gasteiger charge is 2.19. The Bertz CT molecular complexity index is 611. The number of nitrogens with one attached hydrogen (secondary N) is 1. The standard InChI is InChI=1S/C15H17F2N3S/c16-12-4-1-3-10(15(12)17)9-14-20-19-13(21-14)5-2-8-18-11-6-7-11/h1,3-4,11,18H,2,5-9H2. The van der Waals surface area contributed by atoms with E-state index in [4.69, 9.17) is 0 Å². The van der Waals surface area contributed by atoms with Crippen molar-refractivity contribution in [2.45, 2.75) is 38.1 Å². The Morgan fingerprint density at radius 3 is 2.81 bits per heavy atom. The zero-order valence-corrected chi connectivity index (χ0v) is 12.4. The zero-order chi connectivity index (χ0) is 14.7. The molecule has 0 spiro atoms. The first kappa shape index (κ1) is 14.5. The summed E-state index contributed by atoms with van der Waals surface area (Å²) in [5.41, 5.74) is 0.327. The summed E-state index contributed by atoms with van der Waals surface area (Å²) in [5.74, 6) is -1.61. The Hall–Kier alpha value is -1.40. The van der Waals surface area contributed by atoms with Gasteiger partial charge in [-0.15, -0.1) is 21.5 Å². The summed E-state index contributed by atoms with van der Waals surface area (Å²) in [7, 11) is 0. The van der Waals surface area contributed by atoms with Crippen molar-refractivity contribution in [3.63, 3.8) is 0 Å². The van der Waals surface area contributed by atoms with Crippen LogP contribution >= 0.6 is 11.3 Å². The lowest BCUT2D eigenvalue weighted by molar-refractivity contribution is 0.500. The number of hydrogen-bond donors (Lipinski definition) is 1. The molecule has 3 rings (SSSR count). The number of halogens is 2. The van der Waals surface area contributed by atoms with Crippen molar-refractivity contribution in [1.29, 1.82) is 0 Å². The molecule has 0 unspecified atom stereocenters. The van der Waals surface area contributed by atoms with E-state index in [1.807, 2.05) is 0 Å². The molecule has 1 saturated carbocycles. The Morgan fingerprint density at radius 2 is 2.00 bits per heavy atom. The van der Waals surface area contributed by atoms with Gasteiger partial charge in [0.2, 0.25) is 0 Å². The lowest BCUT2D eigenvalue weighted by atomic mass is 10.1. The summed E-state index contributed by atoms with van der Waals surface area (Å²) >= 11 is 1.48. The fourth-order valence-electron chi connectivity index (χ4n) is 2.14. The van der Waals surface area contributed by atoms with Crippen molar-refractivity contribution >= 4 is 11.3 Å². The van der Waals surface area contributed by atoms with Gasteiger partial charge in [-0.05, 0) is 37.4 Å². The third kappa shape index (κ3) is 4.04. The minimum atomic E-state index is -0.816. The van der Waals surface area contributed by atoms with E-state index in [0.717, 1.165) is 41.5 Å². The molecule has 0 aliphatic heterocycles. The van der Waals surface area contributed by atoms with E-state index in [1.54, 1.807) is 6.07 Å². The first-order valence-electron chi connectivity index (χ1n) is 7.20. The van der Waals surface area contributed by atoms with Gasteiger partial charge in [-0.3, -0.25) is 0 Å². The fourth-order valence-corrected chi connectivity index (χ4v) is 3.05. The van der Waals surface area contributed by atoms with Crippen molar-refractivity contribution in [1.82, 2.24) is 15.5 Å². The van der Waals surface area contributed by atoms with Crippen LogP contribution in [0.5, 0.6) is 0 Å². The molecule has 2 aromatic rings. The Labute approximate surface area is 126 Å². The molecule has 0 saturated heterocycles. The van der Waals surface area contributed by atoms with Crippen LogP contribution in [0.25, 0.3) is 0 Å². The fraction of sp³-hybridized carbons (Fsp3) is 0.467. The highest BCUT2D eigenvalue weighted by Crippen LogP contribution is 2.20. The second-order valence-corrected chi connectivity index (χ2v) is 6.46. The Morgan fingerprint density at radius 1 is 1.19 bits per heavy atom. The van der Waals surface area contributed by atoms with Crippen LogP contribution in [-0.4, -0.2) is 22.8 Å². The molecular formula is C15H17F2N3S. The topological polar surface area (TPSA) is 37.8 Å². The molecule has 6 heteroatoms. The molecule has 21 heavy (non-hydrogen) atoms. The molecule has 112 valence electrons. The quantitative estimate of drug-likeness (QED) is 0.799. The Balaban J connectivity index is 1.53. The van der Waals surface area contributed by atoms with E-state index in [1.165, 1.54) is 30.2 Å². The van der Waals surface area contributed by atoms with Gasteiger partial charge in [0.15, 0.2) is 11.6 Å². The van der Waals surface area contributed by atoms with Gasteiger partial charge in [0.25, 0.3) is 0 Å². The largest absolute Gasteiger partial charge is 0.314 e. The minimum Gasteiger partial charge on any atom is -0.314 e. The molecule has 1 aliphatic rings. The van der Waals surface area contributed by atoms with Crippen molar-refractivity contribution < 1.29 is 8.78 Å². The van der Waals surface area contributed by atoms with Crippen LogP contribution in [0.4, 0.5) is 8.78 Å². The van der Waals surface area contributed by atoms with E-state index < -0.39 is 11.6 Å². The number of nitrogens with zero attached hydrogens (tertiary/aromatic N) is 2. The van der Waals surface area contributed by atoms with E-state index in [2.05, 4.69) is 15.5 Å². The van der Waals surface area contributed by atoms with Crippen LogP contribution in [-0.2, 0) is 12.8 Å². The smallest absolute Gasteiger partial charge is 0.162 e. The summed E-state index contributed by atoms with van der Waals surface area (Å²) in [6.07, 6.45) is 4.79. The number of aryl methyl sites for hydroxylation is 1. The molecule has 1 heterocycles. The zero-order valence-electron chi connectivity index (χ0n) is 11.6. The van der Waals surface area contributed by atoms with E-state index in [9.17, 15) is 8.78 Å². The summed E-state index contributed by atoms with van der Waals surface area (Å²) in [4.78, 5) is 0. The lowest BCUT2D eigenvalue weighted by Crippen LogP contribution is -2.17. The van der Waals surface area contributed by atoms with Gasteiger partial charge in [-0.25, -0.2) is 8.78 Å².